The Morgan fingerprint density at radius 1 is 1.50 bits per heavy atom. The molecule has 2 N–H and O–H groups in total. The van der Waals surface area contributed by atoms with E-state index in [1.807, 2.05) is 4.90 Å². The van der Waals surface area contributed by atoms with E-state index in [0.717, 1.165) is 19.5 Å². The van der Waals surface area contributed by atoms with Gasteiger partial charge in [0.1, 0.15) is 0 Å². The summed E-state index contributed by atoms with van der Waals surface area (Å²) >= 11 is 0. The summed E-state index contributed by atoms with van der Waals surface area (Å²) < 4.78 is 5.07. The van der Waals surface area contributed by atoms with Crippen LogP contribution in [0.3, 0.4) is 0 Å². The zero-order valence-electron chi connectivity index (χ0n) is 11.3. The maximum atomic E-state index is 11.8. The van der Waals surface area contributed by atoms with E-state index in [-0.39, 0.29) is 24.9 Å². The molecule has 1 aromatic rings. The Balaban J connectivity index is 1.71. The highest BCUT2D eigenvalue weighted by molar-refractivity contribution is 5.90. The third kappa shape index (κ3) is 4.30. The number of nitrogens with one attached hydrogen (secondary N) is 1. The number of carboxylic acid groups (broad SMARTS) is 1. The van der Waals surface area contributed by atoms with Gasteiger partial charge >= 0.3 is 12.0 Å². The van der Waals surface area contributed by atoms with E-state index in [9.17, 15) is 9.59 Å². The van der Waals surface area contributed by atoms with Crippen molar-refractivity contribution in [3.05, 3.63) is 5.89 Å². The van der Waals surface area contributed by atoms with E-state index in [1.54, 1.807) is 6.92 Å². The summed E-state index contributed by atoms with van der Waals surface area (Å²) in [6, 6.07) is 0.106. The zero-order chi connectivity index (χ0) is 14.5. The van der Waals surface area contributed by atoms with E-state index in [4.69, 9.17) is 9.52 Å². The number of rotatable bonds is 6. The number of amides is 1. The van der Waals surface area contributed by atoms with Gasteiger partial charge in [-0.1, -0.05) is 5.10 Å². The van der Waals surface area contributed by atoms with Crippen LogP contribution in [0.25, 0.3) is 0 Å². The monoisotopic (exact) mass is 282 g/mol. The maximum Gasteiger partial charge on any atom is 0.322 e. The number of anilines is 1. The zero-order valence-corrected chi connectivity index (χ0v) is 11.3. The molecule has 0 spiro atoms. The molecule has 1 saturated heterocycles. The molecule has 110 valence electrons. The first kappa shape index (κ1) is 14.4. The summed E-state index contributed by atoms with van der Waals surface area (Å²) in [4.78, 5) is 24.3. The number of nitrogens with zero attached hydrogens (tertiary/aromatic N) is 3. The fraction of sp³-hybridized carbons (Fsp3) is 0.667. The van der Waals surface area contributed by atoms with Crippen molar-refractivity contribution in [2.24, 2.45) is 5.92 Å². The van der Waals surface area contributed by atoms with Gasteiger partial charge in [0.05, 0.1) is 6.54 Å². The van der Waals surface area contributed by atoms with E-state index in [1.165, 1.54) is 0 Å². The summed E-state index contributed by atoms with van der Waals surface area (Å²) in [5, 5.41) is 18.5. The van der Waals surface area contributed by atoms with E-state index in [0.29, 0.717) is 18.2 Å². The maximum absolute atomic E-state index is 11.8. The van der Waals surface area contributed by atoms with Crippen molar-refractivity contribution >= 4 is 17.9 Å². The first-order valence-electron chi connectivity index (χ1n) is 6.57. The SMILES string of the molecule is Cc1nnc(NC(=O)CN2CCC(CCC(=O)O)C2)o1. The van der Waals surface area contributed by atoms with E-state index >= 15 is 0 Å². The summed E-state index contributed by atoms with van der Waals surface area (Å²) in [5.74, 6) is -0.222. The van der Waals surface area contributed by atoms with Crippen LogP contribution in [0.2, 0.25) is 0 Å². The molecule has 1 amide bonds. The highest BCUT2D eigenvalue weighted by Crippen LogP contribution is 2.20. The average molecular weight is 282 g/mol. The summed E-state index contributed by atoms with van der Waals surface area (Å²) in [6.45, 7) is 3.46. The van der Waals surface area contributed by atoms with Gasteiger partial charge in [0.15, 0.2) is 0 Å². The lowest BCUT2D eigenvalue weighted by Gasteiger charge is -2.14. The predicted molar refractivity (Wildman–Crippen MR) is 69.1 cm³/mol. The molecular formula is C12H18N4O4. The van der Waals surface area contributed by atoms with E-state index in [2.05, 4.69) is 15.5 Å². The average Bonchev–Trinajstić information content (AvgIpc) is 2.96. The van der Waals surface area contributed by atoms with Crippen molar-refractivity contribution in [2.45, 2.75) is 26.2 Å². The Kier molecular flexibility index (Phi) is 4.67. The quantitative estimate of drug-likeness (QED) is 0.782. The van der Waals surface area contributed by atoms with Crippen molar-refractivity contribution in [1.29, 1.82) is 0 Å². The van der Waals surface area contributed by atoms with Gasteiger partial charge in [-0.2, -0.15) is 0 Å². The van der Waals surface area contributed by atoms with Gasteiger partial charge in [-0.15, -0.1) is 5.10 Å². The van der Waals surface area contributed by atoms with Crippen LogP contribution in [0, 0.1) is 12.8 Å². The lowest BCUT2D eigenvalue weighted by Crippen LogP contribution is -2.31. The van der Waals surface area contributed by atoms with Crippen LogP contribution in [0.1, 0.15) is 25.2 Å². The summed E-state index contributed by atoms with van der Waals surface area (Å²) in [5.41, 5.74) is 0. The number of aliphatic carboxylic acids is 1. The molecule has 0 aromatic carbocycles. The third-order valence-corrected chi connectivity index (χ3v) is 3.28. The lowest BCUT2D eigenvalue weighted by molar-refractivity contribution is -0.137. The molecule has 0 radical (unpaired) electrons. The number of aromatic nitrogens is 2. The van der Waals surface area contributed by atoms with Crippen LogP contribution >= 0.6 is 0 Å². The van der Waals surface area contributed by atoms with Crippen LogP contribution in [-0.2, 0) is 9.59 Å². The van der Waals surface area contributed by atoms with Crippen molar-refractivity contribution in [3.8, 4) is 0 Å². The second-order valence-electron chi connectivity index (χ2n) is 5.00. The second-order valence-corrected chi connectivity index (χ2v) is 5.00. The van der Waals surface area contributed by atoms with Crippen LogP contribution < -0.4 is 5.32 Å². The molecule has 2 heterocycles. The summed E-state index contributed by atoms with van der Waals surface area (Å²) in [7, 11) is 0. The molecule has 1 aliphatic heterocycles. The molecule has 1 atom stereocenters. The number of likely N-dealkylation sites (tertiary alicyclic amines) is 1. The highest BCUT2D eigenvalue weighted by Gasteiger charge is 2.24. The minimum atomic E-state index is -0.770. The van der Waals surface area contributed by atoms with Gasteiger partial charge in [0.25, 0.3) is 0 Å². The smallest absolute Gasteiger partial charge is 0.322 e. The highest BCUT2D eigenvalue weighted by atomic mass is 16.4. The van der Waals surface area contributed by atoms with Crippen molar-refractivity contribution < 1.29 is 19.1 Å². The Morgan fingerprint density at radius 3 is 2.95 bits per heavy atom. The minimum Gasteiger partial charge on any atom is -0.481 e. The molecule has 8 heteroatoms. The lowest BCUT2D eigenvalue weighted by atomic mass is 10.0. The molecule has 0 aliphatic carbocycles. The number of hydrogen-bond donors (Lipinski definition) is 2. The molecule has 1 unspecified atom stereocenters. The normalized spacial score (nSPS) is 19.1. The minimum absolute atomic E-state index is 0.106. The fourth-order valence-corrected chi connectivity index (χ4v) is 2.33. The van der Waals surface area contributed by atoms with Crippen molar-refractivity contribution in [1.82, 2.24) is 15.1 Å². The first-order chi connectivity index (χ1) is 9.52. The second kappa shape index (κ2) is 6.47. The standard InChI is InChI=1S/C12H18N4O4/c1-8-14-15-12(20-8)13-10(17)7-16-5-4-9(6-16)2-3-11(18)19/h9H,2-7H2,1H3,(H,18,19)(H,13,15,17). The first-order valence-corrected chi connectivity index (χ1v) is 6.57. The number of carbonyl (C=O) groups excluding carboxylic acids is 1. The van der Waals surface area contributed by atoms with Crippen LogP contribution in [0.4, 0.5) is 6.01 Å². The molecular weight excluding hydrogens is 264 g/mol. The topological polar surface area (TPSA) is 109 Å². The number of carbonyl (C=O) groups is 2. The van der Waals surface area contributed by atoms with Crippen LogP contribution in [-0.4, -0.2) is 51.7 Å². The van der Waals surface area contributed by atoms with Gasteiger partial charge in [0.2, 0.25) is 11.8 Å². The molecule has 20 heavy (non-hydrogen) atoms. The fourth-order valence-electron chi connectivity index (χ4n) is 2.33. The van der Waals surface area contributed by atoms with Gasteiger partial charge in [0, 0.05) is 19.9 Å². The molecule has 1 fully saturated rings. The Hall–Kier alpha value is -1.96. The van der Waals surface area contributed by atoms with Crippen molar-refractivity contribution in [3.63, 3.8) is 0 Å². The summed E-state index contributed by atoms with van der Waals surface area (Å²) in [6.07, 6.45) is 1.78. The van der Waals surface area contributed by atoms with Gasteiger partial charge in [-0.25, -0.2) is 0 Å². The Labute approximate surface area is 116 Å². The predicted octanol–water partition coefficient (Wildman–Crippen LogP) is 0.503. The molecule has 2 rings (SSSR count). The van der Waals surface area contributed by atoms with Crippen molar-refractivity contribution in [2.75, 3.05) is 25.0 Å². The molecule has 1 aliphatic rings. The molecule has 0 saturated carbocycles. The van der Waals surface area contributed by atoms with E-state index < -0.39 is 5.97 Å². The van der Waals surface area contributed by atoms with Gasteiger partial charge in [-0.05, 0) is 25.3 Å². The largest absolute Gasteiger partial charge is 0.481 e. The third-order valence-electron chi connectivity index (χ3n) is 3.28. The van der Waals surface area contributed by atoms with Crippen LogP contribution in [0.5, 0.6) is 0 Å². The molecule has 0 bridgehead atoms. The molecule has 8 nitrogen and oxygen atoms in total. The van der Waals surface area contributed by atoms with Gasteiger partial charge in [-0.3, -0.25) is 19.8 Å². The Bertz CT molecular complexity index is 488. The number of aryl methyl sites for hydroxylation is 1. The van der Waals surface area contributed by atoms with Crippen LogP contribution in [0.15, 0.2) is 4.42 Å². The van der Waals surface area contributed by atoms with Gasteiger partial charge < -0.3 is 9.52 Å². The molecule has 1 aromatic heterocycles. The number of carboxylic acids is 1. The number of hydrogen-bond acceptors (Lipinski definition) is 6. The Morgan fingerprint density at radius 2 is 2.30 bits per heavy atom.